The minimum Gasteiger partial charge on any atom is -0.384 e. The molecule has 0 amide bonds. The first kappa shape index (κ1) is 12.5. The molecule has 1 saturated heterocycles. The molecule has 1 atom stereocenters. The van der Waals surface area contributed by atoms with E-state index in [1.807, 2.05) is 12.1 Å². The number of hydrogen-bond donors (Lipinski definition) is 2. The Morgan fingerprint density at radius 2 is 2.41 bits per heavy atom. The van der Waals surface area contributed by atoms with Crippen LogP contribution in [-0.2, 0) is 4.74 Å². The molecule has 0 bridgehead atoms. The number of aryl methyl sites for hydroxylation is 1. The third kappa shape index (κ3) is 3.23. The molecule has 0 saturated carbocycles. The zero-order chi connectivity index (χ0) is 12.3. The smallest absolute Gasteiger partial charge is 0.123 e. The van der Waals surface area contributed by atoms with Gasteiger partial charge in [-0.2, -0.15) is 0 Å². The highest BCUT2D eigenvalue weighted by atomic mass is 32.2. The van der Waals surface area contributed by atoms with Crippen LogP contribution in [0.1, 0.15) is 24.0 Å². The topological polar surface area (TPSA) is 59.1 Å². The highest BCUT2D eigenvalue weighted by Gasteiger charge is 2.16. The van der Waals surface area contributed by atoms with Crippen molar-refractivity contribution in [3.63, 3.8) is 0 Å². The van der Waals surface area contributed by atoms with E-state index in [0.717, 1.165) is 29.2 Å². The SMILES string of the molecule is Cc1ccc(C(=N)N)c(SCC2CCCO2)c1. The maximum absolute atomic E-state index is 7.57. The molecule has 0 radical (unpaired) electrons. The van der Waals surface area contributed by atoms with Crippen molar-refractivity contribution < 1.29 is 4.74 Å². The summed E-state index contributed by atoms with van der Waals surface area (Å²) in [5.41, 5.74) is 7.62. The number of hydrogen-bond acceptors (Lipinski definition) is 3. The predicted octanol–water partition coefficient (Wildman–Crippen LogP) is 2.55. The fraction of sp³-hybridized carbons (Fsp3) is 0.462. The van der Waals surface area contributed by atoms with Crippen LogP contribution in [0.5, 0.6) is 0 Å². The van der Waals surface area contributed by atoms with E-state index < -0.39 is 0 Å². The summed E-state index contributed by atoms with van der Waals surface area (Å²) in [5, 5.41) is 7.57. The number of nitrogens with one attached hydrogen (secondary N) is 1. The first-order chi connectivity index (χ1) is 8.16. The van der Waals surface area contributed by atoms with Crippen molar-refractivity contribution in [1.82, 2.24) is 0 Å². The van der Waals surface area contributed by atoms with Gasteiger partial charge in [0, 0.05) is 22.8 Å². The Morgan fingerprint density at radius 1 is 1.59 bits per heavy atom. The molecule has 1 aromatic carbocycles. The van der Waals surface area contributed by atoms with Gasteiger partial charge in [0.2, 0.25) is 0 Å². The Kier molecular flexibility index (Phi) is 4.07. The van der Waals surface area contributed by atoms with Gasteiger partial charge in [-0.25, -0.2) is 0 Å². The van der Waals surface area contributed by atoms with Crippen molar-refractivity contribution in [3.8, 4) is 0 Å². The number of benzene rings is 1. The molecule has 1 aliphatic heterocycles. The molecule has 1 heterocycles. The van der Waals surface area contributed by atoms with E-state index in [2.05, 4.69) is 13.0 Å². The fourth-order valence-corrected chi connectivity index (χ4v) is 3.16. The molecular formula is C13H18N2OS. The largest absolute Gasteiger partial charge is 0.384 e. The van der Waals surface area contributed by atoms with Crippen LogP contribution in [-0.4, -0.2) is 24.3 Å². The van der Waals surface area contributed by atoms with E-state index in [-0.39, 0.29) is 5.84 Å². The highest BCUT2D eigenvalue weighted by Crippen LogP contribution is 2.27. The van der Waals surface area contributed by atoms with Crippen molar-refractivity contribution in [3.05, 3.63) is 29.3 Å². The number of rotatable bonds is 4. The minimum absolute atomic E-state index is 0.139. The molecule has 1 aromatic rings. The lowest BCUT2D eigenvalue weighted by Gasteiger charge is -2.12. The van der Waals surface area contributed by atoms with E-state index in [0.29, 0.717) is 6.10 Å². The number of ether oxygens (including phenoxy) is 1. The van der Waals surface area contributed by atoms with E-state index in [9.17, 15) is 0 Å². The second-order valence-electron chi connectivity index (χ2n) is 4.36. The maximum Gasteiger partial charge on any atom is 0.123 e. The minimum atomic E-state index is 0.139. The molecule has 1 aliphatic rings. The van der Waals surface area contributed by atoms with Gasteiger partial charge in [0.05, 0.1) is 6.10 Å². The van der Waals surface area contributed by atoms with Crippen molar-refractivity contribution in [1.29, 1.82) is 5.41 Å². The zero-order valence-corrected chi connectivity index (χ0v) is 10.8. The van der Waals surface area contributed by atoms with Crippen LogP contribution >= 0.6 is 11.8 Å². The Morgan fingerprint density at radius 3 is 3.06 bits per heavy atom. The molecule has 1 fully saturated rings. The number of nitrogens with two attached hydrogens (primary N) is 1. The van der Waals surface area contributed by atoms with E-state index >= 15 is 0 Å². The Hall–Kier alpha value is -1.00. The first-order valence-electron chi connectivity index (χ1n) is 5.86. The molecule has 3 N–H and O–H groups in total. The summed E-state index contributed by atoms with van der Waals surface area (Å²) in [6, 6.07) is 6.01. The lowest BCUT2D eigenvalue weighted by atomic mass is 10.1. The van der Waals surface area contributed by atoms with Crippen LogP contribution in [0.2, 0.25) is 0 Å². The first-order valence-corrected chi connectivity index (χ1v) is 6.85. The van der Waals surface area contributed by atoms with Crippen molar-refractivity contribution in [2.75, 3.05) is 12.4 Å². The quantitative estimate of drug-likeness (QED) is 0.490. The van der Waals surface area contributed by atoms with Gasteiger partial charge in [-0.15, -0.1) is 11.8 Å². The van der Waals surface area contributed by atoms with Crippen LogP contribution in [0.3, 0.4) is 0 Å². The second kappa shape index (κ2) is 5.56. The number of amidine groups is 1. The summed E-state index contributed by atoms with van der Waals surface area (Å²) in [4.78, 5) is 1.09. The van der Waals surface area contributed by atoms with Gasteiger partial charge in [0.1, 0.15) is 5.84 Å². The van der Waals surface area contributed by atoms with Gasteiger partial charge in [0.15, 0.2) is 0 Å². The summed E-state index contributed by atoms with van der Waals surface area (Å²) < 4.78 is 5.60. The summed E-state index contributed by atoms with van der Waals surface area (Å²) in [5.74, 6) is 1.09. The average molecular weight is 250 g/mol. The van der Waals surface area contributed by atoms with Crippen molar-refractivity contribution >= 4 is 17.6 Å². The van der Waals surface area contributed by atoms with Crippen LogP contribution in [0.15, 0.2) is 23.1 Å². The lowest BCUT2D eigenvalue weighted by molar-refractivity contribution is 0.129. The summed E-state index contributed by atoms with van der Waals surface area (Å²) >= 11 is 1.74. The molecule has 92 valence electrons. The van der Waals surface area contributed by atoms with Crippen LogP contribution in [0.4, 0.5) is 0 Å². The molecule has 2 rings (SSSR count). The maximum atomic E-state index is 7.57. The highest BCUT2D eigenvalue weighted by molar-refractivity contribution is 7.99. The molecule has 17 heavy (non-hydrogen) atoms. The molecule has 0 aliphatic carbocycles. The Balaban J connectivity index is 2.07. The third-order valence-corrected chi connectivity index (χ3v) is 4.06. The zero-order valence-electron chi connectivity index (χ0n) is 10.0. The molecule has 0 aromatic heterocycles. The van der Waals surface area contributed by atoms with Crippen LogP contribution < -0.4 is 5.73 Å². The van der Waals surface area contributed by atoms with Gasteiger partial charge in [-0.1, -0.05) is 6.07 Å². The number of thioether (sulfide) groups is 1. The normalized spacial score (nSPS) is 19.5. The summed E-state index contributed by atoms with van der Waals surface area (Å²) in [7, 11) is 0. The van der Waals surface area contributed by atoms with Gasteiger partial charge in [0.25, 0.3) is 0 Å². The molecule has 4 heteroatoms. The molecule has 0 spiro atoms. The van der Waals surface area contributed by atoms with Gasteiger partial charge in [-0.05, 0) is 37.5 Å². The van der Waals surface area contributed by atoms with Gasteiger partial charge < -0.3 is 10.5 Å². The molecular weight excluding hydrogens is 232 g/mol. The summed E-state index contributed by atoms with van der Waals surface area (Å²) in [6.45, 7) is 2.94. The standard InChI is InChI=1S/C13H18N2OS/c1-9-4-5-11(13(14)15)12(7-9)17-8-10-3-2-6-16-10/h4-5,7,10H,2-3,6,8H2,1H3,(H3,14,15). The Bertz CT molecular complexity index is 414. The Labute approximate surface area is 106 Å². The van der Waals surface area contributed by atoms with E-state index in [1.54, 1.807) is 11.8 Å². The molecule has 3 nitrogen and oxygen atoms in total. The van der Waals surface area contributed by atoms with E-state index in [4.69, 9.17) is 15.9 Å². The predicted molar refractivity (Wildman–Crippen MR) is 71.9 cm³/mol. The second-order valence-corrected chi connectivity index (χ2v) is 5.42. The fourth-order valence-electron chi connectivity index (χ4n) is 1.93. The van der Waals surface area contributed by atoms with Gasteiger partial charge in [-0.3, -0.25) is 5.41 Å². The summed E-state index contributed by atoms with van der Waals surface area (Å²) in [6.07, 6.45) is 2.67. The lowest BCUT2D eigenvalue weighted by Crippen LogP contribution is -2.13. The van der Waals surface area contributed by atoms with Gasteiger partial charge >= 0.3 is 0 Å². The van der Waals surface area contributed by atoms with E-state index in [1.165, 1.54) is 12.0 Å². The van der Waals surface area contributed by atoms with Crippen LogP contribution in [0.25, 0.3) is 0 Å². The average Bonchev–Trinajstić information content (AvgIpc) is 2.78. The molecule has 1 unspecified atom stereocenters. The number of nitrogen functional groups attached to an aromatic ring is 1. The third-order valence-electron chi connectivity index (χ3n) is 2.88. The monoisotopic (exact) mass is 250 g/mol. The van der Waals surface area contributed by atoms with Crippen molar-refractivity contribution in [2.24, 2.45) is 5.73 Å². The van der Waals surface area contributed by atoms with Crippen molar-refractivity contribution in [2.45, 2.75) is 30.8 Å². The van der Waals surface area contributed by atoms with Crippen LogP contribution in [0, 0.1) is 12.3 Å².